The Morgan fingerprint density at radius 3 is 2.88 bits per heavy atom. The highest BCUT2D eigenvalue weighted by molar-refractivity contribution is 14.1. The Morgan fingerprint density at radius 1 is 1.38 bits per heavy atom. The molecule has 5 heteroatoms. The van der Waals surface area contributed by atoms with Crippen molar-refractivity contribution in [3.8, 4) is 11.6 Å². The van der Waals surface area contributed by atoms with Gasteiger partial charge in [0.05, 0.1) is 3.57 Å². The van der Waals surface area contributed by atoms with E-state index < -0.39 is 0 Å². The van der Waals surface area contributed by atoms with Crippen LogP contribution >= 0.6 is 34.2 Å². The molecular weight excluding hydrogens is 338 g/mol. The molecule has 0 N–H and O–H groups in total. The number of nitrogens with zero attached hydrogens (tertiary/aromatic N) is 2. The summed E-state index contributed by atoms with van der Waals surface area (Å²) in [7, 11) is 0. The van der Waals surface area contributed by atoms with Crippen LogP contribution in [-0.2, 0) is 0 Å². The van der Waals surface area contributed by atoms with Crippen LogP contribution < -0.4 is 4.74 Å². The molecule has 2 rings (SSSR count). The van der Waals surface area contributed by atoms with E-state index in [9.17, 15) is 0 Å². The second-order valence-corrected chi connectivity index (χ2v) is 4.76. The molecule has 0 saturated carbocycles. The first-order valence-corrected chi connectivity index (χ1v) is 6.02. The van der Waals surface area contributed by atoms with Crippen LogP contribution in [0.4, 0.5) is 0 Å². The van der Waals surface area contributed by atoms with Crippen molar-refractivity contribution in [2.75, 3.05) is 0 Å². The lowest BCUT2D eigenvalue weighted by molar-refractivity contribution is 0.457. The molecule has 0 aliphatic carbocycles. The highest BCUT2D eigenvalue weighted by Gasteiger charge is 2.04. The molecule has 0 bridgehead atoms. The van der Waals surface area contributed by atoms with Gasteiger partial charge in [-0.1, -0.05) is 11.6 Å². The van der Waals surface area contributed by atoms with E-state index in [2.05, 4.69) is 32.6 Å². The average Bonchev–Trinajstić information content (AvgIpc) is 2.27. The molecule has 0 radical (unpaired) electrons. The van der Waals surface area contributed by atoms with Gasteiger partial charge in [0.15, 0.2) is 0 Å². The van der Waals surface area contributed by atoms with E-state index in [0.717, 1.165) is 19.9 Å². The summed E-state index contributed by atoms with van der Waals surface area (Å²) in [5.41, 5.74) is 0.975. The lowest BCUT2D eigenvalue weighted by atomic mass is 10.2. The van der Waals surface area contributed by atoms with E-state index in [1.165, 1.54) is 6.33 Å². The van der Waals surface area contributed by atoms with Crippen molar-refractivity contribution in [2.45, 2.75) is 6.92 Å². The van der Waals surface area contributed by atoms with Crippen molar-refractivity contribution in [1.82, 2.24) is 9.97 Å². The predicted molar refractivity (Wildman–Crippen MR) is 71.0 cm³/mol. The van der Waals surface area contributed by atoms with Crippen LogP contribution in [0.1, 0.15) is 5.56 Å². The van der Waals surface area contributed by atoms with Crippen molar-refractivity contribution in [3.05, 3.63) is 44.9 Å². The predicted octanol–water partition coefficient (Wildman–Crippen LogP) is 3.84. The zero-order valence-electron chi connectivity index (χ0n) is 8.45. The number of rotatable bonds is 2. The van der Waals surface area contributed by atoms with Crippen molar-refractivity contribution in [1.29, 1.82) is 0 Å². The van der Waals surface area contributed by atoms with Gasteiger partial charge in [-0.15, -0.1) is 0 Å². The number of halogens is 2. The van der Waals surface area contributed by atoms with Crippen molar-refractivity contribution in [2.24, 2.45) is 0 Å². The smallest absolute Gasteiger partial charge is 0.235 e. The van der Waals surface area contributed by atoms with Gasteiger partial charge in [0, 0.05) is 11.2 Å². The Kier molecular flexibility index (Phi) is 3.60. The van der Waals surface area contributed by atoms with E-state index in [1.807, 2.05) is 19.1 Å². The number of benzene rings is 1. The van der Waals surface area contributed by atoms with Crippen LogP contribution in [0.5, 0.6) is 11.6 Å². The zero-order chi connectivity index (χ0) is 11.5. The van der Waals surface area contributed by atoms with E-state index in [4.69, 9.17) is 16.3 Å². The van der Waals surface area contributed by atoms with Crippen LogP contribution in [0, 0.1) is 10.5 Å². The molecule has 0 atom stereocenters. The van der Waals surface area contributed by atoms with Gasteiger partial charge in [0.2, 0.25) is 5.88 Å². The second-order valence-electron chi connectivity index (χ2n) is 3.19. The molecule has 0 spiro atoms. The Labute approximate surface area is 112 Å². The van der Waals surface area contributed by atoms with Crippen LogP contribution in [0.15, 0.2) is 30.7 Å². The molecule has 0 fully saturated rings. The standard InChI is InChI=1S/C11H8ClIN2O/c1-7-4-8(2-3-9(7)12)16-11-10(13)5-14-6-15-11/h2-6H,1H3. The SMILES string of the molecule is Cc1cc(Oc2ncncc2I)ccc1Cl. The fraction of sp³-hybridized carbons (Fsp3) is 0.0909. The lowest BCUT2D eigenvalue weighted by Gasteiger charge is -2.07. The maximum atomic E-state index is 5.93. The van der Waals surface area contributed by atoms with Crippen molar-refractivity contribution < 1.29 is 4.74 Å². The van der Waals surface area contributed by atoms with Gasteiger partial charge in [0.1, 0.15) is 12.1 Å². The minimum Gasteiger partial charge on any atom is -0.438 e. The van der Waals surface area contributed by atoms with Crippen LogP contribution in [0.3, 0.4) is 0 Å². The highest BCUT2D eigenvalue weighted by Crippen LogP contribution is 2.26. The summed E-state index contributed by atoms with van der Waals surface area (Å²) in [4.78, 5) is 7.95. The van der Waals surface area contributed by atoms with E-state index >= 15 is 0 Å². The van der Waals surface area contributed by atoms with Gasteiger partial charge in [-0.3, -0.25) is 0 Å². The summed E-state index contributed by atoms with van der Waals surface area (Å²) in [5.74, 6) is 1.27. The summed E-state index contributed by atoms with van der Waals surface area (Å²) in [6.07, 6.45) is 3.16. The Morgan fingerprint density at radius 2 is 2.19 bits per heavy atom. The summed E-state index contributed by atoms with van der Waals surface area (Å²) in [6.45, 7) is 1.93. The van der Waals surface area contributed by atoms with Gasteiger partial charge in [-0.05, 0) is 53.3 Å². The summed E-state index contributed by atoms with van der Waals surface area (Å²) in [6, 6.07) is 5.49. The molecule has 0 amide bonds. The van der Waals surface area contributed by atoms with Crippen LogP contribution in [-0.4, -0.2) is 9.97 Å². The zero-order valence-corrected chi connectivity index (χ0v) is 11.4. The Bertz CT molecular complexity index is 519. The van der Waals surface area contributed by atoms with Crippen molar-refractivity contribution in [3.63, 3.8) is 0 Å². The van der Waals surface area contributed by atoms with Gasteiger partial charge in [-0.25, -0.2) is 9.97 Å². The van der Waals surface area contributed by atoms with Crippen LogP contribution in [0.2, 0.25) is 5.02 Å². The number of aromatic nitrogens is 2. The molecule has 1 aromatic carbocycles. The summed E-state index contributed by atoms with van der Waals surface area (Å²) in [5, 5.41) is 0.727. The summed E-state index contributed by atoms with van der Waals surface area (Å²) >= 11 is 8.06. The van der Waals surface area contributed by atoms with Gasteiger partial charge >= 0.3 is 0 Å². The molecule has 16 heavy (non-hydrogen) atoms. The van der Waals surface area contributed by atoms with Gasteiger partial charge in [-0.2, -0.15) is 0 Å². The highest BCUT2D eigenvalue weighted by atomic mass is 127. The second kappa shape index (κ2) is 4.97. The van der Waals surface area contributed by atoms with Crippen LogP contribution in [0.25, 0.3) is 0 Å². The van der Waals surface area contributed by atoms with E-state index in [1.54, 1.807) is 12.3 Å². The minimum atomic E-state index is 0.553. The number of hydrogen-bond acceptors (Lipinski definition) is 3. The van der Waals surface area contributed by atoms with E-state index in [-0.39, 0.29) is 0 Å². The first-order valence-electron chi connectivity index (χ1n) is 4.56. The monoisotopic (exact) mass is 346 g/mol. The molecule has 2 aromatic rings. The molecule has 0 saturated heterocycles. The lowest BCUT2D eigenvalue weighted by Crippen LogP contribution is -1.92. The molecule has 1 aromatic heterocycles. The van der Waals surface area contributed by atoms with E-state index in [0.29, 0.717) is 5.88 Å². The Hall–Kier alpha value is -0.880. The minimum absolute atomic E-state index is 0.553. The summed E-state index contributed by atoms with van der Waals surface area (Å²) < 4.78 is 6.50. The normalized spacial score (nSPS) is 10.2. The number of aryl methyl sites for hydroxylation is 1. The fourth-order valence-corrected chi connectivity index (χ4v) is 1.70. The first-order chi connectivity index (χ1) is 7.66. The largest absolute Gasteiger partial charge is 0.438 e. The fourth-order valence-electron chi connectivity index (χ4n) is 1.17. The average molecular weight is 347 g/mol. The third kappa shape index (κ3) is 2.62. The molecule has 3 nitrogen and oxygen atoms in total. The van der Waals surface area contributed by atoms with Gasteiger partial charge in [0.25, 0.3) is 0 Å². The first kappa shape index (κ1) is 11.6. The molecular formula is C11H8ClIN2O. The number of ether oxygens (including phenoxy) is 1. The molecule has 0 aliphatic rings. The molecule has 0 unspecified atom stereocenters. The number of hydrogen-bond donors (Lipinski definition) is 0. The molecule has 0 aliphatic heterocycles. The van der Waals surface area contributed by atoms with Crippen molar-refractivity contribution >= 4 is 34.2 Å². The maximum absolute atomic E-state index is 5.93. The molecule has 1 heterocycles. The third-order valence-corrected chi connectivity index (χ3v) is 3.14. The quantitative estimate of drug-likeness (QED) is 0.775. The van der Waals surface area contributed by atoms with Gasteiger partial charge < -0.3 is 4.74 Å². The Balaban J connectivity index is 2.28. The molecule has 82 valence electrons. The third-order valence-electron chi connectivity index (χ3n) is 1.98. The topological polar surface area (TPSA) is 35.0 Å². The maximum Gasteiger partial charge on any atom is 0.235 e.